The highest BCUT2D eigenvalue weighted by atomic mass is 35.5. The van der Waals surface area contributed by atoms with Crippen molar-refractivity contribution in [1.29, 1.82) is 0 Å². The molecule has 1 aromatic carbocycles. The maximum atomic E-state index is 13.3. The van der Waals surface area contributed by atoms with Gasteiger partial charge in [-0.3, -0.25) is 10.1 Å². The predicted octanol–water partition coefficient (Wildman–Crippen LogP) is 4.80. The minimum absolute atomic E-state index is 0.0903. The summed E-state index contributed by atoms with van der Waals surface area (Å²) in [5, 5.41) is 11.1. The average molecular weight is 488 g/mol. The monoisotopic (exact) mass is 487 g/mol. The SMILES string of the molecule is O=C(Nc1ncn(Cc2ccc(Cl)cc2Cl)n1)c1cc2nc(C(F)F)cc(C(F)F)n2n1. The largest absolute Gasteiger partial charge is 0.288 e. The fraction of sp³-hybridized carbons (Fsp3) is 0.167. The first-order valence-electron chi connectivity index (χ1n) is 8.83. The second kappa shape index (κ2) is 8.71. The Hall–Kier alpha value is -3.25. The molecule has 0 bridgehead atoms. The summed E-state index contributed by atoms with van der Waals surface area (Å²) in [7, 11) is 0. The van der Waals surface area contributed by atoms with Crippen LogP contribution in [0.1, 0.15) is 40.3 Å². The molecule has 0 aliphatic rings. The van der Waals surface area contributed by atoms with E-state index in [4.69, 9.17) is 23.2 Å². The second-order valence-electron chi connectivity index (χ2n) is 6.46. The molecule has 14 heteroatoms. The van der Waals surface area contributed by atoms with Gasteiger partial charge in [-0.05, 0) is 23.8 Å². The Bertz CT molecular complexity index is 1310. The molecule has 0 saturated carbocycles. The predicted molar refractivity (Wildman–Crippen MR) is 106 cm³/mol. The minimum atomic E-state index is -3.11. The van der Waals surface area contributed by atoms with E-state index in [0.29, 0.717) is 26.2 Å². The molecule has 32 heavy (non-hydrogen) atoms. The van der Waals surface area contributed by atoms with Gasteiger partial charge in [-0.15, -0.1) is 5.10 Å². The number of carbonyl (C=O) groups is 1. The minimum Gasteiger partial charge on any atom is -0.288 e. The summed E-state index contributed by atoms with van der Waals surface area (Å²) in [6, 6.07) is 6.50. The van der Waals surface area contributed by atoms with Crippen LogP contribution >= 0.6 is 23.2 Å². The van der Waals surface area contributed by atoms with Crippen molar-refractivity contribution >= 4 is 40.7 Å². The number of benzene rings is 1. The molecule has 4 rings (SSSR count). The van der Waals surface area contributed by atoms with Crippen molar-refractivity contribution in [3.8, 4) is 0 Å². The Morgan fingerprint density at radius 1 is 1.06 bits per heavy atom. The van der Waals surface area contributed by atoms with Crippen LogP contribution in [0.15, 0.2) is 36.7 Å². The smallest absolute Gasteiger partial charge is 0.280 e. The lowest BCUT2D eigenvalue weighted by atomic mass is 10.2. The Labute approximate surface area is 186 Å². The standard InChI is InChI=1S/C18H11Cl2F4N7O/c19-9-2-1-8(10(20)3-9)6-30-7-25-18(29-30)27-17(32)12-5-14-26-11(15(21)22)4-13(16(23)24)31(14)28-12/h1-5,7,15-16H,6H2,(H,27,29,32). The summed E-state index contributed by atoms with van der Waals surface area (Å²) in [4.78, 5) is 20.0. The summed E-state index contributed by atoms with van der Waals surface area (Å²) < 4.78 is 54.4. The number of hydrogen-bond acceptors (Lipinski definition) is 5. The number of fused-ring (bicyclic) bond motifs is 1. The fourth-order valence-corrected chi connectivity index (χ4v) is 3.28. The van der Waals surface area contributed by atoms with Gasteiger partial charge in [-0.25, -0.2) is 36.7 Å². The molecule has 166 valence electrons. The number of nitrogens with zero attached hydrogens (tertiary/aromatic N) is 6. The number of hydrogen-bond donors (Lipinski definition) is 1. The van der Waals surface area contributed by atoms with Gasteiger partial charge in [-0.2, -0.15) is 5.10 Å². The average Bonchev–Trinajstić information content (AvgIpc) is 3.35. The summed E-state index contributed by atoms with van der Waals surface area (Å²) in [5.41, 5.74) is -1.60. The van der Waals surface area contributed by atoms with E-state index in [0.717, 1.165) is 6.07 Å². The molecule has 0 spiro atoms. The van der Waals surface area contributed by atoms with E-state index in [2.05, 4.69) is 25.5 Å². The van der Waals surface area contributed by atoms with Crippen molar-refractivity contribution in [2.75, 3.05) is 5.32 Å². The quantitative estimate of drug-likeness (QED) is 0.394. The molecular weight excluding hydrogens is 477 g/mol. The molecule has 4 aromatic rings. The van der Waals surface area contributed by atoms with Crippen molar-refractivity contribution in [3.05, 3.63) is 69.3 Å². The van der Waals surface area contributed by atoms with Crippen LogP contribution in [0, 0.1) is 0 Å². The lowest BCUT2D eigenvalue weighted by Gasteiger charge is -2.06. The van der Waals surface area contributed by atoms with Gasteiger partial charge in [0, 0.05) is 16.1 Å². The number of rotatable bonds is 6. The normalized spacial score (nSPS) is 11.6. The first-order chi connectivity index (χ1) is 15.2. The van der Waals surface area contributed by atoms with Crippen LogP contribution in [0.4, 0.5) is 23.5 Å². The van der Waals surface area contributed by atoms with E-state index in [1.807, 2.05) is 0 Å². The van der Waals surface area contributed by atoms with Crippen LogP contribution in [-0.4, -0.2) is 35.3 Å². The fourth-order valence-electron chi connectivity index (χ4n) is 2.81. The van der Waals surface area contributed by atoms with Crippen molar-refractivity contribution in [2.45, 2.75) is 19.4 Å². The van der Waals surface area contributed by atoms with Gasteiger partial charge >= 0.3 is 0 Å². The molecule has 0 aliphatic carbocycles. The molecule has 0 saturated heterocycles. The Kier molecular flexibility index (Phi) is 5.98. The molecule has 8 nitrogen and oxygen atoms in total. The molecule has 1 amide bonds. The maximum Gasteiger partial charge on any atom is 0.280 e. The zero-order chi connectivity index (χ0) is 23.0. The summed E-state index contributed by atoms with van der Waals surface area (Å²) in [6.07, 6.45) is -4.83. The second-order valence-corrected chi connectivity index (χ2v) is 7.31. The van der Waals surface area contributed by atoms with E-state index in [1.54, 1.807) is 18.2 Å². The third-order valence-electron chi connectivity index (χ3n) is 4.26. The summed E-state index contributed by atoms with van der Waals surface area (Å²) >= 11 is 12.0. The van der Waals surface area contributed by atoms with E-state index in [1.165, 1.54) is 11.0 Å². The van der Waals surface area contributed by atoms with Crippen LogP contribution in [0.3, 0.4) is 0 Å². The number of halogens is 6. The van der Waals surface area contributed by atoms with Crippen LogP contribution < -0.4 is 5.32 Å². The van der Waals surface area contributed by atoms with E-state index in [-0.39, 0.29) is 23.8 Å². The van der Waals surface area contributed by atoms with Gasteiger partial charge in [-0.1, -0.05) is 29.3 Å². The first-order valence-corrected chi connectivity index (χ1v) is 9.58. The highest BCUT2D eigenvalue weighted by molar-refractivity contribution is 6.35. The number of anilines is 1. The number of alkyl halides is 4. The van der Waals surface area contributed by atoms with Gasteiger partial charge in [0.25, 0.3) is 18.8 Å². The molecule has 0 radical (unpaired) electrons. The molecule has 3 heterocycles. The molecule has 0 unspecified atom stereocenters. The van der Waals surface area contributed by atoms with Gasteiger partial charge in [0.2, 0.25) is 5.95 Å². The van der Waals surface area contributed by atoms with Gasteiger partial charge in [0.1, 0.15) is 17.7 Å². The van der Waals surface area contributed by atoms with Crippen molar-refractivity contribution in [2.24, 2.45) is 0 Å². The molecular formula is C18H11Cl2F4N7O. The van der Waals surface area contributed by atoms with Gasteiger partial charge in [0.15, 0.2) is 11.3 Å². The van der Waals surface area contributed by atoms with Crippen LogP contribution in [0.2, 0.25) is 10.0 Å². The van der Waals surface area contributed by atoms with E-state index < -0.39 is 30.1 Å². The number of nitrogens with one attached hydrogen (secondary N) is 1. The number of aromatic nitrogens is 6. The van der Waals surface area contributed by atoms with E-state index in [9.17, 15) is 22.4 Å². The molecule has 0 aliphatic heterocycles. The molecule has 1 N–H and O–H groups in total. The zero-order valence-corrected chi connectivity index (χ0v) is 17.2. The van der Waals surface area contributed by atoms with Crippen molar-refractivity contribution in [3.63, 3.8) is 0 Å². The van der Waals surface area contributed by atoms with Crippen LogP contribution in [0.25, 0.3) is 5.65 Å². The van der Waals surface area contributed by atoms with Crippen molar-refractivity contribution in [1.82, 2.24) is 29.4 Å². The molecule has 0 atom stereocenters. The van der Waals surface area contributed by atoms with Gasteiger partial charge < -0.3 is 0 Å². The van der Waals surface area contributed by atoms with Crippen molar-refractivity contribution < 1.29 is 22.4 Å². The third kappa shape index (κ3) is 4.50. The highest BCUT2D eigenvalue weighted by Gasteiger charge is 2.22. The zero-order valence-electron chi connectivity index (χ0n) is 15.7. The lowest BCUT2D eigenvalue weighted by Crippen LogP contribution is -2.14. The Morgan fingerprint density at radius 3 is 2.53 bits per heavy atom. The lowest BCUT2D eigenvalue weighted by molar-refractivity contribution is 0.101. The Morgan fingerprint density at radius 2 is 1.84 bits per heavy atom. The Balaban J connectivity index is 1.55. The van der Waals surface area contributed by atoms with Crippen LogP contribution in [0.5, 0.6) is 0 Å². The molecule has 3 aromatic heterocycles. The van der Waals surface area contributed by atoms with Crippen LogP contribution in [-0.2, 0) is 6.54 Å². The molecule has 0 fully saturated rings. The van der Waals surface area contributed by atoms with E-state index >= 15 is 0 Å². The first kappa shape index (κ1) is 22.0. The summed E-state index contributed by atoms with van der Waals surface area (Å²) in [6.45, 7) is 0.241. The number of amides is 1. The maximum absolute atomic E-state index is 13.3. The summed E-state index contributed by atoms with van der Waals surface area (Å²) in [5.74, 6) is -0.927. The van der Waals surface area contributed by atoms with Gasteiger partial charge in [0.05, 0.1) is 6.54 Å². The topological polar surface area (TPSA) is 90.0 Å². The number of carbonyl (C=O) groups excluding carboxylic acids is 1. The third-order valence-corrected chi connectivity index (χ3v) is 4.85. The highest BCUT2D eigenvalue weighted by Crippen LogP contribution is 2.26.